The Labute approximate surface area is 96.8 Å². The predicted molar refractivity (Wildman–Crippen MR) is 61.1 cm³/mol. The molecule has 1 aliphatic heterocycles. The minimum atomic E-state index is -0.668. The Morgan fingerprint density at radius 3 is 2.76 bits per heavy atom. The Kier molecular flexibility index (Phi) is 3.10. The fourth-order valence-electron chi connectivity index (χ4n) is 1.91. The number of aromatic nitrogens is 2. The van der Waals surface area contributed by atoms with Gasteiger partial charge in [-0.25, -0.2) is 4.79 Å². The number of nitrogens with one attached hydrogen (secondary N) is 3. The zero-order valence-corrected chi connectivity index (χ0v) is 9.45. The highest BCUT2D eigenvalue weighted by molar-refractivity contribution is 5.92. The number of likely N-dealkylation sites (N-methyl/N-ethyl adjacent to an activating group) is 1. The number of carbonyl (C=O) groups excluding carboxylic acids is 1. The van der Waals surface area contributed by atoms with E-state index in [0.717, 1.165) is 25.6 Å². The van der Waals surface area contributed by atoms with Gasteiger partial charge in [-0.3, -0.25) is 14.6 Å². The SMILES string of the molecule is CN(C(=O)c1cc(=O)[nH]c(=O)[nH]1)C1CCNC1. The van der Waals surface area contributed by atoms with Gasteiger partial charge in [-0.15, -0.1) is 0 Å². The van der Waals surface area contributed by atoms with Crippen molar-refractivity contribution in [2.75, 3.05) is 20.1 Å². The van der Waals surface area contributed by atoms with Crippen molar-refractivity contribution in [3.05, 3.63) is 32.6 Å². The van der Waals surface area contributed by atoms with Crippen molar-refractivity contribution in [1.82, 2.24) is 20.2 Å². The second-order valence-corrected chi connectivity index (χ2v) is 4.06. The van der Waals surface area contributed by atoms with Gasteiger partial charge in [0.2, 0.25) is 0 Å². The largest absolute Gasteiger partial charge is 0.336 e. The van der Waals surface area contributed by atoms with Crippen LogP contribution in [0.3, 0.4) is 0 Å². The smallest absolute Gasteiger partial charge is 0.326 e. The molecule has 17 heavy (non-hydrogen) atoms. The number of hydrogen-bond donors (Lipinski definition) is 3. The first kappa shape index (κ1) is 11.6. The molecule has 0 aromatic carbocycles. The van der Waals surface area contributed by atoms with Crippen molar-refractivity contribution in [3.63, 3.8) is 0 Å². The lowest BCUT2D eigenvalue weighted by atomic mass is 10.2. The summed E-state index contributed by atoms with van der Waals surface area (Å²) in [6, 6.07) is 1.20. The number of hydrogen-bond acceptors (Lipinski definition) is 4. The summed E-state index contributed by atoms with van der Waals surface area (Å²) in [5, 5.41) is 3.15. The molecule has 1 aromatic heterocycles. The lowest BCUT2D eigenvalue weighted by molar-refractivity contribution is 0.0737. The van der Waals surface area contributed by atoms with Crippen LogP contribution in [0.15, 0.2) is 15.7 Å². The van der Waals surface area contributed by atoms with Crippen LogP contribution in [-0.4, -0.2) is 47.0 Å². The maximum Gasteiger partial charge on any atom is 0.326 e. The molecule has 2 rings (SSSR count). The minimum absolute atomic E-state index is 0.0214. The summed E-state index contributed by atoms with van der Waals surface area (Å²) in [7, 11) is 1.67. The Morgan fingerprint density at radius 2 is 2.18 bits per heavy atom. The molecule has 7 heteroatoms. The van der Waals surface area contributed by atoms with Crippen molar-refractivity contribution in [2.24, 2.45) is 0 Å². The fraction of sp³-hybridized carbons (Fsp3) is 0.500. The number of nitrogens with zero attached hydrogens (tertiary/aromatic N) is 1. The zero-order chi connectivity index (χ0) is 12.4. The van der Waals surface area contributed by atoms with E-state index in [9.17, 15) is 14.4 Å². The molecule has 7 nitrogen and oxygen atoms in total. The maximum atomic E-state index is 12.0. The van der Waals surface area contributed by atoms with Crippen molar-refractivity contribution in [2.45, 2.75) is 12.5 Å². The first-order valence-corrected chi connectivity index (χ1v) is 5.39. The van der Waals surface area contributed by atoms with Crippen LogP contribution < -0.4 is 16.6 Å². The third-order valence-electron chi connectivity index (χ3n) is 2.89. The van der Waals surface area contributed by atoms with Crippen molar-refractivity contribution in [3.8, 4) is 0 Å². The highest BCUT2D eigenvalue weighted by atomic mass is 16.2. The van der Waals surface area contributed by atoms with Gasteiger partial charge in [0, 0.05) is 25.7 Å². The van der Waals surface area contributed by atoms with Crippen LogP contribution in [0, 0.1) is 0 Å². The van der Waals surface area contributed by atoms with E-state index in [-0.39, 0.29) is 17.6 Å². The van der Waals surface area contributed by atoms with Gasteiger partial charge in [0.05, 0.1) is 0 Å². The van der Waals surface area contributed by atoms with Crippen LogP contribution in [0.4, 0.5) is 0 Å². The quantitative estimate of drug-likeness (QED) is 0.584. The Morgan fingerprint density at radius 1 is 1.41 bits per heavy atom. The second-order valence-electron chi connectivity index (χ2n) is 4.06. The Hall–Kier alpha value is -1.89. The number of carbonyl (C=O) groups is 1. The molecule has 1 aromatic rings. The highest BCUT2D eigenvalue weighted by Crippen LogP contribution is 2.08. The molecule has 0 saturated carbocycles. The van der Waals surface area contributed by atoms with Gasteiger partial charge in [-0.05, 0) is 13.0 Å². The van der Waals surface area contributed by atoms with E-state index < -0.39 is 11.2 Å². The molecular formula is C10H14N4O3. The highest BCUT2D eigenvalue weighted by Gasteiger charge is 2.24. The summed E-state index contributed by atoms with van der Waals surface area (Å²) in [4.78, 5) is 40.1. The van der Waals surface area contributed by atoms with E-state index in [4.69, 9.17) is 0 Å². The molecule has 3 N–H and O–H groups in total. The molecule has 0 aliphatic carbocycles. The van der Waals surface area contributed by atoms with Gasteiger partial charge in [-0.1, -0.05) is 0 Å². The summed E-state index contributed by atoms with van der Waals surface area (Å²) in [6.45, 7) is 1.60. The van der Waals surface area contributed by atoms with E-state index in [1.807, 2.05) is 4.98 Å². The fourth-order valence-corrected chi connectivity index (χ4v) is 1.91. The van der Waals surface area contributed by atoms with Crippen LogP contribution in [0.1, 0.15) is 16.9 Å². The van der Waals surface area contributed by atoms with E-state index >= 15 is 0 Å². The van der Waals surface area contributed by atoms with Crippen LogP contribution in [0.5, 0.6) is 0 Å². The normalized spacial score (nSPS) is 19.2. The van der Waals surface area contributed by atoms with Gasteiger partial charge in [0.1, 0.15) is 5.69 Å². The summed E-state index contributed by atoms with van der Waals surface area (Å²) in [6.07, 6.45) is 0.871. The summed E-state index contributed by atoms with van der Waals surface area (Å²) >= 11 is 0. The molecule has 0 bridgehead atoms. The van der Waals surface area contributed by atoms with Crippen LogP contribution >= 0.6 is 0 Å². The molecule has 1 saturated heterocycles. The van der Waals surface area contributed by atoms with Gasteiger partial charge >= 0.3 is 5.69 Å². The monoisotopic (exact) mass is 238 g/mol. The zero-order valence-electron chi connectivity index (χ0n) is 9.45. The molecule has 2 heterocycles. The molecule has 1 atom stereocenters. The molecule has 1 amide bonds. The topological polar surface area (TPSA) is 98.1 Å². The predicted octanol–water partition coefficient (Wildman–Crippen LogP) is -1.50. The van der Waals surface area contributed by atoms with Gasteiger partial charge in [0.25, 0.3) is 11.5 Å². The van der Waals surface area contributed by atoms with Crippen molar-refractivity contribution < 1.29 is 4.79 Å². The van der Waals surface area contributed by atoms with Gasteiger partial charge < -0.3 is 15.2 Å². The third kappa shape index (κ3) is 2.44. The van der Waals surface area contributed by atoms with E-state index in [0.29, 0.717) is 0 Å². The summed E-state index contributed by atoms with van der Waals surface area (Å²) in [5.74, 6) is -0.345. The van der Waals surface area contributed by atoms with Crippen LogP contribution in [0.2, 0.25) is 0 Å². The van der Waals surface area contributed by atoms with Gasteiger partial charge in [0.15, 0.2) is 0 Å². The average molecular weight is 238 g/mol. The van der Waals surface area contributed by atoms with Gasteiger partial charge in [-0.2, -0.15) is 0 Å². The Bertz CT molecular complexity index is 499. The van der Waals surface area contributed by atoms with Crippen LogP contribution in [0.25, 0.3) is 0 Å². The molecule has 0 radical (unpaired) electrons. The lowest BCUT2D eigenvalue weighted by Gasteiger charge is -2.23. The maximum absolute atomic E-state index is 12.0. The molecular weight excluding hydrogens is 224 g/mol. The first-order valence-electron chi connectivity index (χ1n) is 5.39. The number of H-pyrrole nitrogens is 2. The molecule has 1 fully saturated rings. The number of aromatic amines is 2. The van der Waals surface area contributed by atoms with Crippen LogP contribution in [-0.2, 0) is 0 Å². The third-order valence-corrected chi connectivity index (χ3v) is 2.89. The number of amides is 1. The van der Waals surface area contributed by atoms with Crippen molar-refractivity contribution in [1.29, 1.82) is 0 Å². The second kappa shape index (κ2) is 4.54. The standard InChI is InChI=1S/C10H14N4O3/c1-14(6-2-3-11-5-6)9(16)7-4-8(15)13-10(17)12-7/h4,6,11H,2-3,5H2,1H3,(H2,12,13,15,17). The number of rotatable bonds is 2. The Balaban J connectivity index is 2.23. The average Bonchev–Trinajstić information content (AvgIpc) is 2.79. The van der Waals surface area contributed by atoms with Crippen molar-refractivity contribution >= 4 is 5.91 Å². The molecule has 1 aliphatic rings. The molecule has 92 valence electrons. The summed E-state index contributed by atoms with van der Waals surface area (Å²) in [5.41, 5.74) is -1.22. The molecule has 1 unspecified atom stereocenters. The molecule has 0 spiro atoms. The van der Waals surface area contributed by atoms with E-state index in [1.54, 1.807) is 11.9 Å². The minimum Gasteiger partial charge on any atom is -0.336 e. The van der Waals surface area contributed by atoms with E-state index in [2.05, 4.69) is 10.3 Å². The lowest BCUT2D eigenvalue weighted by Crippen LogP contribution is -2.40. The summed E-state index contributed by atoms with van der Waals surface area (Å²) < 4.78 is 0. The first-order chi connectivity index (χ1) is 8.08. The van der Waals surface area contributed by atoms with E-state index in [1.165, 1.54) is 0 Å².